The minimum absolute atomic E-state index is 0.217. The summed E-state index contributed by atoms with van der Waals surface area (Å²) in [5.41, 5.74) is 4.35. The summed E-state index contributed by atoms with van der Waals surface area (Å²) in [6, 6.07) is 10.8. The molecular weight excluding hydrogens is 500 g/mol. The number of carbonyl (C=O) groups is 1. The number of allylic oxidation sites excluding steroid dienone is 1. The lowest BCUT2D eigenvalue weighted by Gasteiger charge is -2.26. The first kappa shape index (κ1) is 27.4. The van der Waals surface area contributed by atoms with Crippen LogP contribution in [0.5, 0.6) is 11.5 Å². The van der Waals surface area contributed by atoms with Crippen molar-refractivity contribution in [3.05, 3.63) is 89.6 Å². The van der Waals surface area contributed by atoms with E-state index in [1.54, 1.807) is 25.5 Å². The Morgan fingerprint density at radius 2 is 1.87 bits per heavy atom. The minimum atomic E-state index is -0.724. The number of ether oxygens (including phenoxy) is 3. The summed E-state index contributed by atoms with van der Waals surface area (Å²) in [5.74, 6) is 1.20. The fraction of sp³-hybridized carbons (Fsp3) is 0.367. The number of methoxy groups -OCH3 is 1. The highest BCUT2D eigenvalue weighted by atomic mass is 32.1. The molecule has 4 rings (SSSR count). The number of fused-ring (bicyclic) bond motifs is 1. The first-order valence-electron chi connectivity index (χ1n) is 12.8. The summed E-state index contributed by atoms with van der Waals surface area (Å²) in [6.07, 6.45) is 1.90. The number of aromatic nitrogens is 1. The zero-order valence-electron chi connectivity index (χ0n) is 23.0. The van der Waals surface area contributed by atoms with Crippen molar-refractivity contribution < 1.29 is 19.0 Å². The SMILES string of the molecule is CCOC(=O)C1=C(C)N=c2s/c(=C\c3cc(C(C)C)c(OC)cc3C)c(=O)n2[C@H]1c1ccccc1OCC. The molecule has 0 N–H and O–H groups in total. The van der Waals surface area contributed by atoms with Gasteiger partial charge in [0.25, 0.3) is 5.56 Å². The molecule has 1 atom stereocenters. The van der Waals surface area contributed by atoms with Crippen molar-refractivity contribution in [2.45, 2.75) is 53.5 Å². The number of nitrogens with zero attached hydrogens (tertiary/aromatic N) is 2. The number of rotatable bonds is 8. The van der Waals surface area contributed by atoms with Crippen molar-refractivity contribution in [3.8, 4) is 11.5 Å². The summed E-state index contributed by atoms with van der Waals surface area (Å²) in [6.45, 7) is 12.3. The zero-order chi connectivity index (χ0) is 27.6. The predicted molar refractivity (Wildman–Crippen MR) is 150 cm³/mol. The Balaban J connectivity index is 1.99. The van der Waals surface area contributed by atoms with Gasteiger partial charge in [0.15, 0.2) is 4.80 Å². The summed E-state index contributed by atoms with van der Waals surface area (Å²) < 4.78 is 19.0. The fourth-order valence-electron chi connectivity index (χ4n) is 4.72. The van der Waals surface area contributed by atoms with Gasteiger partial charge >= 0.3 is 5.97 Å². The van der Waals surface area contributed by atoms with Gasteiger partial charge in [0.2, 0.25) is 0 Å². The van der Waals surface area contributed by atoms with E-state index in [0.29, 0.717) is 38.5 Å². The molecule has 2 heterocycles. The molecule has 1 aliphatic heterocycles. The molecule has 0 saturated heterocycles. The lowest BCUT2D eigenvalue weighted by Crippen LogP contribution is -2.40. The maximum Gasteiger partial charge on any atom is 0.338 e. The molecule has 0 fully saturated rings. The van der Waals surface area contributed by atoms with Crippen molar-refractivity contribution in [2.75, 3.05) is 20.3 Å². The number of hydrogen-bond acceptors (Lipinski definition) is 7. The Kier molecular flexibility index (Phi) is 8.21. The molecule has 0 unspecified atom stereocenters. The second-order valence-corrected chi connectivity index (χ2v) is 10.4. The molecule has 1 aromatic heterocycles. The normalized spacial score (nSPS) is 15.4. The molecular formula is C30H34N2O5S. The molecule has 1 aliphatic rings. The van der Waals surface area contributed by atoms with Gasteiger partial charge in [-0.15, -0.1) is 0 Å². The summed E-state index contributed by atoms with van der Waals surface area (Å²) in [4.78, 5) is 32.4. The number of esters is 1. The van der Waals surface area contributed by atoms with Crippen LogP contribution in [0.25, 0.3) is 6.08 Å². The summed E-state index contributed by atoms with van der Waals surface area (Å²) in [5, 5.41) is 0. The van der Waals surface area contributed by atoms with E-state index < -0.39 is 12.0 Å². The highest BCUT2D eigenvalue weighted by Crippen LogP contribution is 2.36. The van der Waals surface area contributed by atoms with Crippen LogP contribution in [0, 0.1) is 6.92 Å². The van der Waals surface area contributed by atoms with Crippen molar-refractivity contribution in [1.29, 1.82) is 0 Å². The molecule has 8 heteroatoms. The van der Waals surface area contributed by atoms with Gasteiger partial charge in [0.1, 0.15) is 17.5 Å². The lowest BCUT2D eigenvalue weighted by atomic mass is 9.95. The van der Waals surface area contributed by atoms with E-state index in [2.05, 4.69) is 24.9 Å². The third kappa shape index (κ3) is 5.05. The van der Waals surface area contributed by atoms with Crippen LogP contribution in [0.4, 0.5) is 0 Å². The Morgan fingerprint density at radius 3 is 2.53 bits per heavy atom. The first-order valence-corrected chi connectivity index (χ1v) is 13.6. The van der Waals surface area contributed by atoms with Crippen LogP contribution in [-0.4, -0.2) is 30.9 Å². The van der Waals surface area contributed by atoms with E-state index >= 15 is 0 Å². The van der Waals surface area contributed by atoms with Crippen LogP contribution >= 0.6 is 11.3 Å². The second kappa shape index (κ2) is 11.4. The molecule has 7 nitrogen and oxygen atoms in total. The molecule has 200 valence electrons. The van der Waals surface area contributed by atoms with E-state index in [1.807, 2.05) is 50.3 Å². The Labute approximate surface area is 226 Å². The maximum atomic E-state index is 14.0. The monoisotopic (exact) mass is 534 g/mol. The van der Waals surface area contributed by atoms with Crippen LogP contribution in [0.2, 0.25) is 0 Å². The van der Waals surface area contributed by atoms with Gasteiger partial charge < -0.3 is 14.2 Å². The van der Waals surface area contributed by atoms with Crippen molar-refractivity contribution in [3.63, 3.8) is 0 Å². The van der Waals surface area contributed by atoms with Gasteiger partial charge in [0.05, 0.1) is 36.1 Å². The van der Waals surface area contributed by atoms with Crippen molar-refractivity contribution in [1.82, 2.24) is 4.57 Å². The number of para-hydroxylation sites is 1. The van der Waals surface area contributed by atoms with Gasteiger partial charge in [0, 0.05) is 5.56 Å². The van der Waals surface area contributed by atoms with Crippen LogP contribution in [0.1, 0.15) is 68.8 Å². The number of benzene rings is 2. The number of hydrogen-bond donors (Lipinski definition) is 0. The minimum Gasteiger partial charge on any atom is -0.496 e. The first-order chi connectivity index (χ1) is 18.2. The van der Waals surface area contributed by atoms with Gasteiger partial charge in [-0.05, 0) is 74.6 Å². The Bertz CT molecular complexity index is 1580. The number of carbonyl (C=O) groups excluding carboxylic acids is 1. The van der Waals surface area contributed by atoms with Crippen LogP contribution in [0.3, 0.4) is 0 Å². The van der Waals surface area contributed by atoms with Crippen molar-refractivity contribution in [2.24, 2.45) is 4.99 Å². The second-order valence-electron chi connectivity index (χ2n) is 9.38. The van der Waals surface area contributed by atoms with Gasteiger partial charge in [-0.2, -0.15) is 0 Å². The zero-order valence-corrected chi connectivity index (χ0v) is 23.8. The summed E-state index contributed by atoms with van der Waals surface area (Å²) >= 11 is 1.31. The van der Waals surface area contributed by atoms with E-state index in [-0.39, 0.29) is 18.1 Å². The highest BCUT2D eigenvalue weighted by molar-refractivity contribution is 7.07. The van der Waals surface area contributed by atoms with Crippen molar-refractivity contribution >= 4 is 23.4 Å². The molecule has 2 aromatic carbocycles. The van der Waals surface area contributed by atoms with Gasteiger partial charge in [-0.25, -0.2) is 9.79 Å². The molecule has 3 aromatic rings. The van der Waals surface area contributed by atoms with E-state index in [4.69, 9.17) is 14.2 Å². The lowest BCUT2D eigenvalue weighted by molar-refractivity contribution is -0.139. The molecule has 0 radical (unpaired) electrons. The molecule has 0 spiro atoms. The van der Waals surface area contributed by atoms with E-state index in [9.17, 15) is 9.59 Å². The average molecular weight is 535 g/mol. The average Bonchev–Trinajstić information content (AvgIpc) is 3.18. The van der Waals surface area contributed by atoms with E-state index in [0.717, 1.165) is 22.4 Å². The number of aryl methyl sites for hydroxylation is 1. The third-order valence-corrected chi connectivity index (χ3v) is 7.54. The van der Waals surface area contributed by atoms with Crippen LogP contribution in [0.15, 0.2) is 57.5 Å². The fourth-order valence-corrected chi connectivity index (χ4v) is 5.76. The standard InChI is InChI=1S/C30H34N2O5S/c1-8-36-23-13-11-10-12-21(23)27-26(29(34)37-9-2)19(6)31-30-32(27)28(33)25(38-30)16-20-15-22(17(3)4)24(35-7)14-18(20)5/h10-17,27H,8-9H2,1-7H3/b25-16-/t27-/m0/s1. The third-order valence-electron chi connectivity index (χ3n) is 6.56. The maximum absolute atomic E-state index is 14.0. The Hall–Kier alpha value is -3.65. The molecule has 0 aliphatic carbocycles. The van der Waals surface area contributed by atoms with E-state index in [1.165, 1.54) is 11.3 Å². The van der Waals surface area contributed by atoms with Gasteiger partial charge in [-0.3, -0.25) is 9.36 Å². The molecule has 0 bridgehead atoms. The largest absolute Gasteiger partial charge is 0.496 e. The number of thiazole rings is 1. The van der Waals surface area contributed by atoms with Crippen LogP contribution in [-0.2, 0) is 9.53 Å². The summed E-state index contributed by atoms with van der Waals surface area (Å²) in [7, 11) is 1.67. The quantitative estimate of drug-likeness (QED) is 0.394. The Morgan fingerprint density at radius 1 is 1.13 bits per heavy atom. The smallest absolute Gasteiger partial charge is 0.338 e. The molecule has 38 heavy (non-hydrogen) atoms. The van der Waals surface area contributed by atoms with Gasteiger partial charge in [-0.1, -0.05) is 43.4 Å². The predicted octanol–water partition coefficient (Wildman–Crippen LogP) is 4.64. The topological polar surface area (TPSA) is 79.1 Å². The highest BCUT2D eigenvalue weighted by Gasteiger charge is 2.35. The molecule has 0 saturated carbocycles. The van der Waals surface area contributed by atoms with Crippen LogP contribution < -0.4 is 24.4 Å². The molecule has 0 amide bonds.